The zero-order valence-corrected chi connectivity index (χ0v) is 16.1. The van der Waals surface area contributed by atoms with Gasteiger partial charge in [-0.3, -0.25) is 14.9 Å². The molecule has 3 aromatic rings. The van der Waals surface area contributed by atoms with Gasteiger partial charge >= 0.3 is 6.18 Å². The first-order valence-corrected chi connectivity index (χ1v) is 9.35. The van der Waals surface area contributed by atoms with Gasteiger partial charge in [-0.25, -0.2) is 4.98 Å². The Morgan fingerprint density at radius 3 is 2.76 bits per heavy atom. The Labute approximate surface area is 170 Å². The Morgan fingerprint density at radius 2 is 2.03 bits per heavy atom. The van der Waals surface area contributed by atoms with Gasteiger partial charge in [0.15, 0.2) is 5.13 Å². The van der Waals surface area contributed by atoms with Crippen LogP contribution in [0.3, 0.4) is 0 Å². The van der Waals surface area contributed by atoms with Gasteiger partial charge in [-0.1, -0.05) is 22.9 Å². The van der Waals surface area contributed by atoms with E-state index >= 15 is 0 Å². The number of halogens is 4. The van der Waals surface area contributed by atoms with Crippen molar-refractivity contribution in [2.24, 2.45) is 0 Å². The summed E-state index contributed by atoms with van der Waals surface area (Å²) in [6, 6.07) is 7.62. The second kappa shape index (κ2) is 6.60. The number of nitrogens with zero attached hydrogens (tertiary/aromatic N) is 1. The first-order chi connectivity index (χ1) is 13.6. The van der Waals surface area contributed by atoms with Crippen molar-refractivity contribution >= 4 is 55.8 Å². The Morgan fingerprint density at radius 1 is 1.28 bits per heavy atom. The van der Waals surface area contributed by atoms with E-state index in [0.29, 0.717) is 10.7 Å². The minimum absolute atomic E-state index is 0.0452. The van der Waals surface area contributed by atoms with E-state index in [1.807, 2.05) is 0 Å². The van der Waals surface area contributed by atoms with Crippen LogP contribution in [0.15, 0.2) is 36.4 Å². The maximum Gasteiger partial charge on any atom is 0.416 e. The summed E-state index contributed by atoms with van der Waals surface area (Å²) in [7, 11) is 0. The fraction of sp³-hybridized carbons (Fsp3) is 0.167. The number of hydrogen-bond donors (Lipinski definition) is 2. The highest BCUT2D eigenvalue weighted by molar-refractivity contribution is 7.22. The van der Waals surface area contributed by atoms with Crippen molar-refractivity contribution in [1.82, 2.24) is 4.98 Å². The van der Waals surface area contributed by atoms with E-state index in [2.05, 4.69) is 15.6 Å². The molecule has 29 heavy (non-hydrogen) atoms. The van der Waals surface area contributed by atoms with Crippen LogP contribution in [-0.2, 0) is 15.8 Å². The number of ether oxygens (including phenoxy) is 1. The average Bonchev–Trinajstić information content (AvgIpc) is 3.03. The van der Waals surface area contributed by atoms with E-state index in [1.165, 1.54) is 25.1 Å². The molecule has 2 aromatic carbocycles. The quantitative estimate of drug-likeness (QED) is 0.565. The van der Waals surface area contributed by atoms with E-state index in [9.17, 15) is 22.8 Å². The highest BCUT2D eigenvalue weighted by Gasteiger charge is 2.47. The number of hydrogen-bond acceptors (Lipinski definition) is 5. The van der Waals surface area contributed by atoms with Crippen LogP contribution in [0.5, 0.6) is 5.75 Å². The third-order valence-corrected chi connectivity index (χ3v) is 5.48. The van der Waals surface area contributed by atoms with Gasteiger partial charge in [-0.05, 0) is 43.3 Å². The predicted octanol–water partition coefficient (Wildman–Crippen LogP) is 4.70. The van der Waals surface area contributed by atoms with Gasteiger partial charge in [0.05, 0.1) is 21.5 Å². The Hall–Kier alpha value is -2.85. The molecule has 0 fully saturated rings. The Balaban J connectivity index is 1.60. The third-order valence-electron chi connectivity index (χ3n) is 4.31. The van der Waals surface area contributed by atoms with Gasteiger partial charge in [-0.2, -0.15) is 13.2 Å². The molecule has 150 valence electrons. The van der Waals surface area contributed by atoms with Crippen molar-refractivity contribution in [3.63, 3.8) is 0 Å². The van der Waals surface area contributed by atoms with E-state index < -0.39 is 29.2 Å². The highest BCUT2D eigenvalue weighted by atomic mass is 35.5. The maximum absolute atomic E-state index is 12.9. The van der Waals surface area contributed by atoms with Crippen molar-refractivity contribution in [3.8, 4) is 5.75 Å². The molecule has 1 aliphatic heterocycles. The third kappa shape index (κ3) is 3.49. The number of carbonyl (C=O) groups excluding carboxylic acids is 2. The number of amides is 2. The molecule has 0 bridgehead atoms. The predicted molar refractivity (Wildman–Crippen MR) is 102 cm³/mol. The number of benzene rings is 2. The van der Waals surface area contributed by atoms with Crippen LogP contribution in [0.25, 0.3) is 10.2 Å². The summed E-state index contributed by atoms with van der Waals surface area (Å²) in [6.45, 7) is 1.28. The van der Waals surface area contributed by atoms with Crippen LogP contribution >= 0.6 is 22.9 Å². The summed E-state index contributed by atoms with van der Waals surface area (Å²) < 4.78 is 44.4. The minimum atomic E-state index is -4.49. The topological polar surface area (TPSA) is 80.3 Å². The average molecular weight is 442 g/mol. The van der Waals surface area contributed by atoms with Gasteiger partial charge in [0.2, 0.25) is 0 Å². The number of aromatic nitrogens is 1. The number of fused-ring (bicyclic) bond motifs is 2. The van der Waals surface area contributed by atoms with E-state index in [1.54, 1.807) is 6.07 Å². The fourth-order valence-electron chi connectivity index (χ4n) is 2.72. The van der Waals surface area contributed by atoms with Crippen LogP contribution in [-0.4, -0.2) is 22.4 Å². The lowest BCUT2D eigenvalue weighted by Crippen LogP contribution is -2.56. The van der Waals surface area contributed by atoms with Gasteiger partial charge in [0, 0.05) is 5.02 Å². The van der Waals surface area contributed by atoms with Gasteiger partial charge in [0.25, 0.3) is 17.4 Å². The maximum atomic E-state index is 12.9. The SMILES string of the molecule is CC1(C(=O)Nc2nc3ccc(C(F)(F)F)cc3s2)Oc2ccc(Cl)cc2NC1=O. The standard InChI is InChI=1S/C18H11ClF3N3O3S/c1-17(14(26)23-11-7-9(19)3-5-12(11)28-17)15(27)25-16-24-10-4-2-8(18(20,21)22)6-13(10)29-16/h2-7H,1H3,(H,23,26)(H,24,25,27). The van der Waals surface area contributed by atoms with E-state index in [-0.39, 0.29) is 21.1 Å². The molecule has 6 nitrogen and oxygen atoms in total. The molecular formula is C18H11ClF3N3O3S. The molecule has 11 heteroatoms. The molecule has 2 heterocycles. The fourth-order valence-corrected chi connectivity index (χ4v) is 3.79. The second-order valence-corrected chi connectivity index (χ2v) is 7.85. The van der Waals surface area contributed by atoms with Crippen molar-refractivity contribution in [3.05, 3.63) is 47.0 Å². The summed E-state index contributed by atoms with van der Waals surface area (Å²) in [4.78, 5) is 29.3. The van der Waals surface area contributed by atoms with Crippen molar-refractivity contribution in [1.29, 1.82) is 0 Å². The number of alkyl halides is 3. The zero-order valence-electron chi connectivity index (χ0n) is 14.6. The first-order valence-electron chi connectivity index (χ1n) is 8.15. The number of carbonyl (C=O) groups is 2. The monoisotopic (exact) mass is 441 g/mol. The zero-order chi connectivity index (χ0) is 21.0. The number of anilines is 2. The molecular weight excluding hydrogens is 431 g/mol. The summed E-state index contributed by atoms with van der Waals surface area (Å²) in [5, 5.41) is 5.43. The molecule has 2 amide bonds. The van der Waals surface area contributed by atoms with Crippen LogP contribution in [0.2, 0.25) is 5.02 Å². The molecule has 1 unspecified atom stereocenters. The van der Waals surface area contributed by atoms with E-state index in [4.69, 9.17) is 16.3 Å². The van der Waals surface area contributed by atoms with Crippen LogP contribution in [0.4, 0.5) is 24.0 Å². The molecule has 0 saturated carbocycles. The molecule has 0 radical (unpaired) electrons. The molecule has 1 atom stereocenters. The lowest BCUT2D eigenvalue weighted by Gasteiger charge is -2.33. The smallest absolute Gasteiger partial charge is 0.416 e. The molecule has 1 aliphatic rings. The highest BCUT2D eigenvalue weighted by Crippen LogP contribution is 2.37. The van der Waals surface area contributed by atoms with Crippen molar-refractivity contribution in [2.45, 2.75) is 18.7 Å². The molecule has 0 saturated heterocycles. The van der Waals surface area contributed by atoms with Crippen molar-refractivity contribution < 1.29 is 27.5 Å². The first kappa shape index (κ1) is 19.5. The Bertz CT molecular complexity index is 1160. The number of thiazole rings is 1. The summed E-state index contributed by atoms with van der Waals surface area (Å²) in [6.07, 6.45) is -4.49. The normalized spacial score (nSPS) is 18.7. The van der Waals surface area contributed by atoms with Gasteiger partial charge in [0.1, 0.15) is 5.75 Å². The van der Waals surface area contributed by atoms with Gasteiger partial charge in [-0.15, -0.1) is 0 Å². The van der Waals surface area contributed by atoms with E-state index in [0.717, 1.165) is 23.5 Å². The summed E-state index contributed by atoms with van der Waals surface area (Å²) >= 11 is 6.74. The number of nitrogens with one attached hydrogen (secondary N) is 2. The van der Waals surface area contributed by atoms with Crippen molar-refractivity contribution in [2.75, 3.05) is 10.6 Å². The lowest BCUT2D eigenvalue weighted by atomic mass is 10.0. The molecule has 0 aliphatic carbocycles. The lowest BCUT2D eigenvalue weighted by molar-refractivity contribution is -0.143. The molecule has 4 rings (SSSR count). The summed E-state index contributed by atoms with van der Waals surface area (Å²) in [5.74, 6) is -1.28. The Kier molecular flexibility index (Phi) is 4.43. The second-order valence-electron chi connectivity index (χ2n) is 6.38. The number of rotatable bonds is 2. The largest absolute Gasteiger partial charge is 0.466 e. The molecule has 0 spiro atoms. The minimum Gasteiger partial charge on any atom is -0.466 e. The van der Waals surface area contributed by atoms with Crippen LogP contribution in [0.1, 0.15) is 12.5 Å². The van der Waals surface area contributed by atoms with Crippen LogP contribution in [0, 0.1) is 0 Å². The van der Waals surface area contributed by atoms with Crippen LogP contribution < -0.4 is 15.4 Å². The summed E-state index contributed by atoms with van der Waals surface area (Å²) in [5.41, 5.74) is -2.11. The van der Waals surface area contributed by atoms with Gasteiger partial charge < -0.3 is 10.1 Å². The molecule has 2 N–H and O–H groups in total. The molecule has 1 aromatic heterocycles.